The van der Waals surface area contributed by atoms with Crippen LogP contribution in [0.1, 0.15) is 40.5 Å². The van der Waals surface area contributed by atoms with Gasteiger partial charge >= 0.3 is 5.97 Å². The second kappa shape index (κ2) is 9.36. The molecular weight excluding hydrogens is 334 g/mol. The predicted molar refractivity (Wildman–Crippen MR) is 97.6 cm³/mol. The van der Waals surface area contributed by atoms with Crippen molar-refractivity contribution in [3.05, 3.63) is 59.7 Å². The highest BCUT2D eigenvalue weighted by Crippen LogP contribution is 2.18. The quantitative estimate of drug-likeness (QED) is 0.579. The van der Waals surface area contributed by atoms with E-state index in [9.17, 15) is 14.4 Å². The average Bonchev–Trinajstić information content (AvgIpc) is 2.66. The van der Waals surface area contributed by atoms with Crippen LogP contribution in [-0.4, -0.2) is 31.4 Å². The van der Waals surface area contributed by atoms with Gasteiger partial charge in [-0.3, -0.25) is 9.59 Å². The molecule has 0 aliphatic rings. The molecule has 2 aromatic carbocycles. The fourth-order valence-corrected chi connectivity index (χ4v) is 2.36. The van der Waals surface area contributed by atoms with Crippen molar-refractivity contribution >= 4 is 23.3 Å². The van der Waals surface area contributed by atoms with Gasteiger partial charge in [0.05, 0.1) is 25.0 Å². The van der Waals surface area contributed by atoms with Gasteiger partial charge in [0.2, 0.25) is 5.91 Å². The van der Waals surface area contributed by atoms with E-state index in [1.165, 1.54) is 7.11 Å². The van der Waals surface area contributed by atoms with E-state index in [0.717, 1.165) is 0 Å². The van der Waals surface area contributed by atoms with Crippen LogP contribution >= 0.6 is 0 Å². The van der Waals surface area contributed by atoms with Gasteiger partial charge < -0.3 is 14.8 Å². The Labute approximate surface area is 152 Å². The number of amides is 1. The Balaban J connectivity index is 1.97. The zero-order valence-corrected chi connectivity index (χ0v) is 14.8. The second-order valence-electron chi connectivity index (χ2n) is 5.47. The number of hydrogen-bond donors (Lipinski definition) is 1. The first-order valence-electron chi connectivity index (χ1n) is 8.28. The number of benzene rings is 2. The van der Waals surface area contributed by atoms with Crippen LogP contribution in [0, 0.1) is 0 Å². The van der Waals surface area contributed by atoms with Gasteiger partial charge in [-0.2, -0.15) is 0 Å². The third kappa shape index (κ3) is 5.17. The van der Waals surface area contributed by atoms with Gasteiger partial charge in [0.15, 0.2) is 5.78 Å². The molecule has 0 fully saturated rings. The summed E-state index contributed by atoms with van der Waals surface area (Å²) in [6.45, 7) is 1.96. The number of para-hydroxylation sites is 1. The van der Waals surface area contributed by atoms with Crippen molar-refractivity contribution in [2.75, 3.05) is 19.0 Å². The standard InChI is InChI=1S/C20H21NO5/c1-3-26-20(24)16-9-4-5-10-17(16)21-19(23)12-11-18(22)14-7-6-8-15(13-14)25-2/h4-10,13H,3,11-12H2,1-2H3,(H,21,23). The molecule has 0 unspecified atom stereocenters. The maximum absolute atomic E-state index is 12.2. The predicted octanol–water partition coefficient (Wildman–Crippen LogP) is 3.47. The summed E-state index contributed by atoms with van der Waals surface area (Å²) in [5.74, 6) is -0.421. The number of hydrogen-bond acceptors (Lipinski definition) is 5. The Bertz CT molecular complexity index is 800. The van der Waals surface area contributed by atoms with Crippen molar-refractivity contribution in [2.24, 2.45) is 0 Å². The largest absolute Gasteiger partial charge is 0.497 e. The molecule has 0 heterocycles. The number of carbonyl (C=O) groups is 3. The van der Waals surface area contributed by atoms with Crippen LogP contribution in [0.5, 0.6) is 5.75 Å². The van der Waals surface area contributed by atoms with Crippen LogP contribution in [0.15, 0.2) is 48.5 Å². The van der Waals surface area contributed by atoms with Crippen molar-refractivity contribution in [1.82, 2.24) is 0 Å². The summed E-state index contributed by atoms with van der Waals surface area (Å²) in [5, 5.41) is 2.66. The third-order valence-electron chi connectivity index (χ3n) is 3.67. The molecule has 6 nitrogen and oxygen atoms in total. The molecule has 0 atom stereocenters. The zero-order chi connectivity index (χ0) is 18.9. The lowest BCUT2D eigenvalue weighted by Crippen LogP contribution is -2.16. The Kier molecular flexibility index (Phi) is 6.91. The first kappa shape index (κ1) is 19.2. The fraction of sp³-hybridized carbons (Fsp3) is 0.250. The monoisotopic (exact) mass is 355 g/mol. The molecule has 2 rings (SSSR count). The molecule has 1 N–H and O–H groups in total. The number of methoxy groups -OCH3 is 1. The van der Waals surface area contributed by atoms with Gasteiger partial charge in [-0.1, -0.05) is 24.3 Å². The van der Waals surface area contributed by atoms with Crippen LogP contribution in [0.25, 0.3) is 0 Å². The molecular formula is C20H21NO5. The van der Waals surface area contributed by atoms with E-state index in [2.05, 4.69) is 5.32 Å². The lowest BCUT2D eigenvalue weighted by molar-refractivity contribution is -0.116. The Morgan fingerprint density at radius 1 is 1.00 bits per heavy atom. The van der Waals surface area contributed by atoms with Crippen molar-refractivity contribution < 1.29 is 23.9 Å². The number of nitrogens with one attached hydrogen (secondary N) is 1. The summed E-state index contributed by atoms with van der Waals surface area (Å²) >= 11 is 0. The summed E-state index contributed by atoms with van der Waals surface area (Å²) in [6.07, 6.45) is 0.0633. The highest BCUT2D eigenvalue weighted by molar-refractivity contribution is 6.03. The van der Waals surface area contributed by atoms with Gasteiger partial charge in [0, 0.05) is 18.4 Å². The molecule has 26 heavy (non-hydrogen) atoms. The van der Waals surface area contributed by atoms with E-state index < -0.39 is 5.97 Å². The van der Waals surface area contributed by atoms with Gasteiger partial charge in [-0.15, -0.1) is 0 Å². The maximum Gasteiger partial charge on any atom is 0.340 e. The van der Waals surface area contributed by atoms with E-state index in [0.29, 0.717) is 17.0 Å². The number of ether oxygens (including phenoxy) is 2. The van der Waals surface area contributed by atoms with Gasteiger partial charge in [-0.05, 0) is 31.2 Å². The highest BCUT2D eigenvalue weighted by atomic mass is 16.5. The molecule has 0 aliphatic carbocycles. The SMILES string of the molecule is CCOC(=O)c1ccccc1NC(=O)CCC(=O)c1cccc(OC)c1. The third-order valence-corrected chi connectivity index (χ3v) is 3.67. The van der Waals surface area contributed by atoms with Crippen LogP contribution in [0.3, 0.4) is 0 Å². The van der Waals surface area contributed by atoms with E-state index in [1.807, 2.05) is 0 Å². The zero-order valence-electron chi connectivity index (χ0n) is 14.8. The van der Waals surface area contributed by atoms with Gasteiger partial charge in [0.25, 0.3) is 0 Å². The van der Waals surface area contributed by atoms with Crippen LogP contribution in [-0.2, 0) is 9.53 Å². The average molecular weight is 355 g/mol. The van der Waals surface area contributed by atoms with E-state index >= 15 is 0 Å². The molecule has 0 spiro atoms. The molecule has 0 aromatic heterocycles. The molecule has 0 saturated carbocycles. The fourth-order valence-electron chi connectivity index (χ4n) is 2.36. The first-order chi connectivity index (χ1) is 12.5. The Hall–Kier alpha value is -3.15. The smallest absolute Gasteiger partial charge is 0.340 e. The Morgan fingerprint density at radius 3 is 2.50 bits per heavy atom. The van der Waals surface area contributed by atoms with Crippen LogP contribution < -0.4 is 10.1 Å². The molecule has 6 heteroatoms. The molecule has 0 radical (unpaired) electrons. The maximum atomic E-state index is 12.2. The van der Waals surface area contributed by atoms with Gasteiger partial charge in [0.1, 0.15) is 5.75 Å². The molecule has 2 aromatic rings. The number of anilines is 1. The van der Waals surface area contributed by atoms with Crippen molar-refractivity contribution in [3.8, 4) is 5.75 Å². The molecule has 0 bridgehead atoms. The van der Waals surface area contributed by atoms with E-state index in [-0.39, 0.29) is 36.7 Å². The highest BCUT2D eigenvalue weighted by Gasteiger charge is 2.15. The van der Waals surface area contributed by atoms with Gasteiger partial charge in [-0.25, -0.2) is 4.79 Å². The summed E-state index contributed by atoms with van der Waals surface area (Å²) in [5.41, 5.74) is 1.13. The minimum Gasteiger partial charge on any atom is -0.497 e. The number of rotatable bonds is 8. The van der Waals surface area contributed by atoms with Crippen LogP contribution in [0.2, 0.25) is 0 Å². The minimum atomic E-state index is -0.504. The number of ketones is 1. The van der Waals surface area contributed by atoms with E-state index in [4.69, 9.17) is 9.47 Å². The Morgan fingerprint density at radius 2 is 1.77 bits per heavy atom. The van der Waals surface area contributed by atoms with Crippen molar-refractivity contribution in [3.63, 3.8) is 0 Å². The topological polar surface area (TPSA) is 81.7 Å². The summed E-state index contributed by atoms with van der Waals surface area (Å²) in [7, 11) is 1.53. The van der Waals surface area contributed by atoms with Crippen LogP contribution in [0.4, 0.5) is 5.69 Å². The molecule has 0 aliphatic heterocycles. The summed E-state index contributed by atoms with van der Waals surface area (Å²) < 4.78 is 10.1. The van der Waals surface area contributed by atoms with E-state index in [1.54, 1.807) is 55.5 Å². The van der Waals surface area contributed by atoms with Crippen molar-refractivity contribution in [1.29, 1.82) is 0 Å². The number of esters is 1. The summed E-state index contributed by atoms with van der Waals surface area (Å²) in [6, 6.07) is 13.4. The second-order valence-corrected chi connectivity index (χ2v) is 5.47. The normalized spacial score (nSPS) is 10.1. The van der Waals surface area contributed by atoms with Crippen molar-refractivity contribution in [2.45, 2.75) is 19.8 Å². The molecule has 1 amide bonds. The molecule has 0 saturated heterocycles. The lowest BCUT2D eigenvalue weighted by atomic mass is 10.1. The molecule has 136 valence electrons. The summed E-state index contributed by atoms with van der Waals surface area (Å²) in [4.78, 5) is 36.3. The number of Topliss-reactive ketones (excluding diaryl/α,β-unsaturated/α-hetero) is 1. The first-order valence-corrected chi connectivity index (χ1v) is 8.28. The number of carbonyl (C=O) groups excluding carboxylic acids is 3. The minimum absolute atomic E-state index is 0.00715. The lowest BCUT2D eigenvalue weighted by Gasteiger charge is -2.10.